The Morgan fingerprint density at radius 3 is 2.51 bits per heavy atom. The van der Waals surface area contributed by atoms with Crippen molar-refractivity contribution in [3.05, 3.63) is 89.2 Å². The van der Waals surface area contributed by atoms with Crippen LogP contribution in [0.25, 0.3) is 0 Å². The van der Waals surface area contributed by atoms with E-state index >= 15 is 0 Å². The van der Waals surface area contributed by atoms with E-state index in [9.17, 15) is 9.36 Å². The number of benzene rings is 2. The van der Waals surface area contributed by atoms with Crippen LogP contribution in [-0.4, -0.2) is 30.7 Å². The molecule has 184 valence electrons. The second kappa shape index (κ2) is 12.8. The first-order valence-corrected chi connectivity index (χ1v) is 16.6. The molecule has 1 amide bonds. The van der Waals surface area contributed by atoms with Gasteiger partial charge in [0.15, 0.2) is 0 Å². The van der Waals surface area contributed by atoms with Crippen LogP contribution in [0.4, 0.5) is 11.4 Å². The maximum absolute atomic E-state index is 14.5. The van der Waals surface area contributed by atoms with Crippen molar-refractivity contribution in [2.75, 3.05) is 30.1 Å². The van der Waals surface area contributed by atoms with Gasteiger partial charge in [-0.25, -0.2) is 0 Å². The average Bonchev–Trinajstić information content (AvgIpc) is 2.84. The van der Waals surface area contributed by atoms with Gasteiger partial charge in [-0.3, -0.25) is 14.3 Å². The van der Waals surface area contributed by atoms with E-state index < -0.39 is 5.55 Å². The van der Waals surface area contributed by atoms with E-state index in [0.717, 1.165) is 34.3 Å². The molecule has 9 heteroatoms. The van der Waals surface area contributed by atoms with Crippen LogP contribution in [0.2, 0.25) is 0 Å². The van der Waals surface area contributed by atoms with Gasteiger partial charge in [0, 0.05) is 42.4 Å². The molecule has 0 saturated carbocycles. The Morgan fingerprint density at radius 2 is 1.89 bits per heavy atom. The molecule has 0 aliphatic carbocycles. The van der Waals surface area contributed by atoms with Gasteiger partial charge in [0.1, 0.15) is 0 Å². The molecular formula is C26H29BrN3O2PS2. The third-order valence-electron chi connectivity index (χ3n) is 5.13. The van der Waals surface area contributed by atoms with E-state index in [1.165, 1.54) is 28.3 Å². The van der Waals surface area contributed by atoms with Crippen LogP contribution in [0, 0.1) is 0 Å². The summed E-state index contributed by atoms with van der Waals surface area (Å²) >= 11 is 5.94. The number of hydrogen-bond acceptors (Lipinski definition) is 6. The monoisotopic (exact) mass is 589 g/mol. The summed E-state index contributed by atoms with van der Waals surface area (Å²) in [4.78, 5) is 19.7. The molecule has 1 unspecified atom stereocenters. The first kappa shape index (κ1) is 27.6. The number of nitrogens with one attached hydrogen (secondary N) is 1. The van der Waals surface area contributed by atoms with Crippen molar-refractivity contribution in [1.29, 1.82) is 0 Å². The predicted octanol–water partition coefficient (Wildman–Crippen LogP) is 7.18. The van der Waals surface area contributed by atoms with Gasteiger partial charge in [-0.2, -0.15) is 0 Å². The maximum Gasteiger partial charge on any atom is 0.234 e. The third-order valence-corrected chi connectivity index (χ3v) is 13.8. The zero-order chi connectivity index (χ0) is 25.4. The fraction of sp³-hybridized carbons (Fsp3) is 0.231. The minimum atomic E-state index is -3.08. The van der Waals surface area contributed by atoms with Gasteiger partial charge in [-0.1, -0.05) is 30.4 Å². The van der Waals surface area contributed by atoms with Gasteiger partial charge in [-0.15, -0.1) is 6.58 Å². The van der Waals surface area contributed by atoms with Crippen molar-refractivity contribution >= 4 is 66.8 Å². The molecule has 0 fully saturated rings. The van der Waals surface area contributed by atoms with E-state index in [2.05, 4.69) is 57.9 Å². The Morgan fingerprint density at radius 1 is 1.17 bits per heavy atom. The first-order chi connectivity index (χ1) is 16.7. The van der Waals surface area contributed by atoms with E-state index in [-0.39, 0.29) is 11.7 Å². The van der Waals surface area contributed by atoms with Gasteiger partial charge in [-0.05, 0) is 93.7 Å². The first-order valence-electron chi connectivity index (χ1n) is 11.1. The minimum absolute atomic E-state index is 0.0570. The zero-order valence-corrected chi connectivity index (χ0v) is 24.1. The fourth-order valence-corrected chi connectivity index (χ4v) is 10.9. The van der Waals surface area contributed by atoms with Crippen molar-refractivity contribution in [1.82, 2.24) is 4.98 Å². The molecule has 1 atom stereocenters. The number of allylic oxidation sites excluding steroid dienone is 1. The summed E-state index contributed by atoms with van der Waals surface area (Å²) in [7, 11) is 3.94. The molecule has 5 nitrogen and oxygen atoms in total. The number of pyridine rings is 1. The summed E-state index contributed by atoms with van der Waals surface area (Å²) in [6.45, 7) is 5.96. The highest BCUT2D eigenvalue weighted by Gasteiger charge is 2.29. The highest BCUT2D eigenvalue weighted by atomic mass is 79.9. The molecule has 35 heavy (non-hydrogen) atoms. The molecule has 1 aromatic heterocycles. The number of halogens is 1. The molecule has 1 N–H and O–H groups in total. The third kappa shape index (κ3) is 7.74. The number of rotatable bonds is 11. The number of aryl methyl sites for hydroxylation is 1. The lowest BCUT2D eigenvalue weighted by Crippen LogP contribution is -2.15. The predicted molar refractivity (Wildman–Crippen MR) is 157 cm³/mol. The van der Waals surface area contributed by atoms with E-state index in [4.69, 9.17) is 0 Å². The summed E-state index contributed by atoms with van der Waals surface area (Å²) in [5.74, 6) is -0.163. The van der Waals surface area contributed by atoms with Crippen LogP contribution in [0.1, 0.15) is 18.1 Å². The van der Waals surface area contributed by atoms with Crippen molar-refractivity contribution in [2.24, 2.45) is 0 Å². The average molecular weight is 591 g/mol. The molecule has 1 heterocycles. The maximum atomic E-state index is 14.5. The largest absolute Gasteiger partial charge is 0.378 e. The van der Waals surface area contributed by atoms with Crippen molar-refractivity contribution in [3.63, 3.8) is 0 Å². The molecule has 3 rings (SSSR count). The van der Waals surface area contributed by atoms with E-state index in [0.29, 0.717) is 10.2 Å². The molecule has 0 radical (unpaired) electrons. The van der Waals surface area contributed by atoms with Gasteiger partial charge in [0.05, 0.1) is 15.9 Å². The van der Waals surface area contributed by atoms with Crippen molar-refractivity contribution in [3.8, 4) is 0 Å². The summed E-state index contributed by atoms with van der Waals surface area (Å²) in [6.07, 6.45) is 6.74. The Bertz CT molecular complexity index is 1240. The number of anilines is 2. The second-order valence-corrected chi connectivity index (χ2v) is 16.7. The number of nitrogens with zero attached hydrogens (tertiary/aromatic N) is 2. The normalized spacial score (nSPS) is 12.6. The number of amides is 1. The number of hydrogen-bond donors (Lipinski definition) is 1. The van der Waals surface area contributed by atoms with Crippen LogP contribution in [-0.2, 0) is 22.2 Å². The zero-order valence-electron chi connectivity index (χ0n) is 20.0. The Balaban J connectivity index is 1.89. The van der Waals surface area contributed by atoms with Crippen LogP contribution in [0.15, 0.2) is 82.9 Å². The number of carbonyl (C=O) groups is 1. The van der Waals surface area contributed by atoms with Gasteiger partial charge >= 0.3 is 0 Å². The highest BCUT2D eigenvalue weighted by molar-refractivity contribution is 9.10. The molecule has 0 aliphatic rings. The van der Waals surface area contributed by atoms with Crippen LogP contribution < -0.4 is 15.5 Å². The molecule has 0 saturated heterocycles. The Kier molecular flexibility index (Phi) is 10.1. The van der Waals surface area contributed by atoms with Crippen molar-refractivity contribution in [2.45, 2.75) is 24.7 Å². The molecule has 0 bridgehead atoms. The second-order valence-electron chi connectivity index (χ2n) is 8.01. The Hall–Kier alpha value is -1.99. The van der Waals surface area contributed by atoms with Gasteiger partial charge in [0.25, 0.3) is 0 Å². The summed E-state index contributed by atoms with van der Waals surface area (Å²) < 4.78 is 15.1. The van der Waals surface area contributed by atoms with Gasteiger partial charge < -0.3 is 10.2 Å². The molecule has 0 spiro atoms. The van der Waals surface area contributed by atoms with E-state index in [1.54, 1.807) is 18.5 Å². The van der Waals surface area contributed by atoms with Gasteiger partial charge in [0.2, 0.25) is 11.5 Å². The lowest BCUT2D eigenvalue weighted by Gasteiger charge is -2.20. The summed E-state index contributed by atoms with van der Waals surface area (Å²) in [5.41, 5.74) is 0.905. The topological polar surface area (TPSA) is 62.3 Å². The summed E-state index contributed by atoms with van der Waals surface area (Å²) in [5, 5.41) is 3.60. The smallest absolute Gasteiger partial charge is 0.234 e. The minimum Gasteiger partial charge on any atom is -0.378 e. The quantitative estimate of drug-likeness (QED) is 0.189. The lowest BCUT2D eigenvalue weighted by atomic mass is 10.1. The van der Waals surface area contributed by atoms with Crippen LogP contribution >= 0.6 is 44.2 Å². The van der Waals surface area contributed by atoms with Crippen molar-refractivity contribution < 1.29 is 9.36 Å². The highest BCUT2D eigenvalue weighted by Crippen LogP contribution is 2.70. The van der Waals surface area contributed by atoms with Crippen LogP contribution in [0.5, 0.6) is 0 Å². The lowest BCUT2D eigenvalue weighted by molar-refractivity contribution is -0.113. The number of aromatic nitrogens is 1. The molecule has 3 aromatic rings. The standard InChI is InChI=1S/C26H29BrN3O2PS2/c1-5-7-20-14-19(6-2)15-23(16-20)35-33(32,22-10-8-21(9-11-22)30(3)4)34-18-26(31)29-25-12-13-28-17-24(25)27/h5,8-17H,1,6-7,18H2,2-4H3,(H,28,29,31). The molecule has 0 aliphatic heterocycles. The number of carbonyl (C=O) groups excluding carboxylic acids is 1. The SMILES string of the molecule is C=CCc1cc(CC)cc(SP(=O)(SCC(=O)Nc2ccncc2Br)c2ccc(N(C)C)cc2)c1. The summed E-state index contributed by atoms with van der Waals surface area (Å²) in [6, 6.07) is 15.8. The van der Waals surface area contributed by atoms with Crippen LogP contribution in [0.3, 0.4) is 0 Å². The van der Waals surface area contributed by atoms with E-state index in [1.807, 2.05) is 49.3 Å². The fourth-order valence-electron chi connectivity index (χ4n) is 3.30. The molecular weight excluding hydrogens is 561 g/mol. The Labute approximate surface area is 224 Å². The molecule has 2 aromatic carbocycles.